The molecule has 2 rings (SSSR count). The maximum Gasteiger partial charge on any atom is 0.0611 e. The quantitative estimate of drug-likeness (QED) is 0.338. The predicted molar refractivity (Wildman–Crippen MR) is 109 cm³/mol. The highest BCUT2D eigenvalue weighted by atomic mass is 16.3. The maximum absolute atomic E-state index is 10.4. The van der Waals surface area contributed by atoms with E-state index in [1.54, 1.807) is 5.57 Å². The topological polar surface area (TPSA) is 23.5 Å². The van der Waals surface area contributed by atoms with Crippen LogP contribution in [0.25, 0.3) is 0 Å². The summed E-state index contributed by atoms with van der Waals surface area (Å²) in [5, 5.41) is 10.4. The molecular weight excluding hydrogens is 306 g/mol. The molecule has 0 saturated heterocycles. The Morgan fingerprint density at radius 1 is 1.12 bits per heavy atom. The molecular formula is C23H37NO. The van der Waals surface area contributed by atoms with Crippen LogP contribution >= 0.6 is 0 Å². The van der Waals surface area contributed by atoms with E-state index in [1.165, 1.54) is 38.6 Å². The molecule has 0 bridgehead atoms. The van der Waals surface area contributed by atoms with Gasteiger partial charge in [0, 0.05) is 5.92 Å². The Kier molecular flexibility index (Phi) is 8.71. The summed E-state index contributed by atoms with van der Waals surface area (Å²) in [6.45, 7) is 3.34. The molecule has 2 aliphatic rings. The fourth-order valence-electron chi connectivity index (χ4n) is 4.28. The minimum Gasteiger partial charge on any atom is -0.392 e. The third-order valence-electron chi connectivity index (χ3n) is 5.59. The van der Waals surface area contributed by atoms with E-state index in [0.717, 1.165) is 12.8 Å². The van der Waals surface area contributed by atoms with Crippen molar-refractivity contribution in [1.29, 1.82) is 0 Å². The Labute approximate surface area is 155 Å². The standard InChI is InChI=1S/C23H37NO/c1-4-5-6-7-8-11-14-21-22-17-19(16-20(22)18-23(21)25)13-10-9-12-15-24(2)3/h5-8,11,14,16,20-23,25H,4,9-10,12-13,15,17-18H2,1-3H3/t20-,21+,22-,23+/m0/s1. The van der Waals surface area contributed by atoms with Gasteiger partial charge in [-0.05, 0) is 71.0 Å². The summed E-state index contributed by atoms with van der Waals surface area (Å²) >= 11 is 0. The molecule has 0 aliphatic heterocycles. The van der Waals surface area contributed by atoms with Crippen LogP contribution in [0.5, 0.6) is 0 Å². The maximum atomic E-state index is 10.4. The van der Waals surface area contributed by atoms with E-state index in [4.69, 9.17) is 0 Å². The average molecular weight is 344 g/mol. The van der Waals surface area contributed by atoms with E-state index in [-0.39, 0.29) is 6.10 Å². The zero-order chi connectivity index (χ0) is 18.1. The summed E-state index contributed by atoms with van der Waals surface area (Å²) in [5.74, 6) is 1.56. The molecule has 0 aromatic rings. The van der Waals surface area contributed by atoms with Crippen LogP contribution in [0.4, 0.5) is 0 Å². The molecule has 0 radical (unpaired) electrons. The predicted octanol–water partition coefficient (Wildman–Crippen LogP) is 5.13. The lowest BCUT2D eigenvalue weighted by atomic mass is 9.89. The number of hydrogen-bond acceptors (Lipinski definition) is 2. The molecule has 4 atom stereocenters. The van der Waals surface area contributed by atoms with Gasteiger partial charge in [-0.2, -0.15) is 0 Å². The number of unbranched alkanes of at least 4 members (excludes halogenated alkanes) is 2. The Bertz CT molecular complexity index is 500. The lowest BCUT2D eigenvalue weighted by Crippen LogP contribution is -2.16. The molecule has 1 fully saturated rings. The summed E-state index contributed by atoms with van der Waals surface area (Å²) in [5.41, 5.74) is 1.64. The van der Waals surface area contributed by atoms with Crippen molar-refractivity contribution in [1.82, 2.24) is 4.90 Å². The van der Waals surface area contributed by atoms with Gasteiger partial charge < -0.3 is 10.0 Å². The number of rotatable bonds is 10. The summed E-state index contributed by atoms with van der Waals surface area (Å²) in [4.78, 5) is 2.27. The van der Waals surface area contributed by atoms with Crippen LogP contribution in [-0.4, -0.2) is 36.8 Å². The van der Waals surface area contributed by atoms with Crippen LogP contribution in [0, 0.1) is 17.8 Å². The Hall–Kier alpha value is -1.12. The molecule has 1 saturated carbocycles. The van der Waals surface area contributed by atoms with Crippen molar-refractivity contribution in [2.75, 3.05) is 20.6 Å². The monoisotopic (exact) mass is 343 g/mol. The molecule has 2 nitrogen and oxygen atoms in total. The second-order valence-corrected chi connectivity index (χ2v) is 7.96. The molecule has 2 aliphatic carbocycles. The number of aliphatic hydroxyl groups excluding tert-OH is 1. The normalized spacial score (nSPS) is 29.6. The first-order valence-corrected chi connectivity index (χ1v) is 10.1. The van der Waals surface area contributed by atoms with Gasteiger partial charge in [0.1, 0.15) is 0 Å². The van der Waals surface area contributed by atoms with Gasteiger partial charge in [0.15, 0.2) is 0 Å². The summed E-state index contributed by atoms with van der Waals surface area (Å²) < 4.78 is 0. The van der Waals surface area contributed by atoms with Crippen molar-refractivity contribution >= 4 is 0 Å². The fourth-order valence-corrected chi connectivity index (χ4v) is 4.28. The third kappa shape index (κ3) is 6.60. The van der Waals surface area contributed by atoms with E-state index >= 15 is 0 Å². The van der Waals surface area contributed by atoms with Gasteiger partial charge in [-0.1, -0.05) is 61.4 Å². The van der Waals surface area contributed by atoms with Gasteiger partial charge in [0.25, 0.3) is 0 Å². The molecule has 25 heavy (non-hydrogen) atoms. The van der Waals surface area contributed by atoms with E-state index < -0.39 is 0 Å². The van der Waals surface area contributed by atoms with Crippen molar-refractivity contribution in [2.24, 2.45) is 17.8 Å². The smallest absolute Gasteiger partial charge is 0.0611 e. The van der Waals surface area contributed by atoms with Gasteiger partial charge in [0.05, 0.1) is 6.10 Å². The first-order chi connectivity index (χ1) is 12.1. The Balaban J connectivity index is 1.76. The molecule has 0 unspecified atom stereocenters. The van der Waals surface area contributed by atoms with Gasteiger partial charge in [-0.25, -0.2) is 0 Å². The zero-order valence-electron chi connectivity index (χ0n) is 16.4. The van der Waals surface area contributed by atoms with Gasteiger partial charge in [-0.15, -0.1) is 0 Å². The second kappa shape index (κ2) is 10.8. The molecule has 0 aromatic carbocycles. The van der Waals surface area contributed by atoms with E-state index in [9.17, 15) is 5.11 Å². The molecule has 1 N–H and O–H groups in total. The first-order valence-electron chi connectivity index (χ1n) is 10.1. The minimum absolute atomic E-state index is 0.163. The van der Waals surface area contributed by atoms with E-state index in [1.807, 2.05) is 0 Å². The summed E-state index contributed by atoms with van der Waals surface area (Å²) in [6, 6.07) is 0. The molecule has 2 heteroatoms. The lowest BCUT2D eigenvalue weighted by molar-refractivity contribution is 0.141. The van der Waals surface area contributed by atoms with E-state index in [2.05, 4.69) is 68.5 Å². The average Bonchev–Trinajstić information content (AvgIpc) is 3.07. The van der Waals surface area contributed by atoms with Crippen molar-refractivity contribution in [2.45, 2.75) is 58.0 Å². The van der Waals surface area contributed by atoms with Crippen LogP contribution in [0.1, 0.15) is 51.9 Å². The fraction of sp³-hybridized carbons (Fsp3) is 0.652. The van der Waals surface area contributed by atoms with Crippen molar-refractivity contribution in [3.63, 3.8) is 0 Å². The Morgan fingerprint density at radius 2 is 1.92 bits per heavy atom. The van der Waals surface area contributed by atoms with Crippen molar-refractivity contribution in [3.05, 3.63) is 48.1 Å². The Morgan fingerprint density at radius 3 is 2.68 bits per heavy atom. The van der Waals surface area contributed by atoms with Gasteiger partial charge in [-0.3, -0.25) is 0 Å². The second-order valence-electron chi connectivity index (χ2n) is 7.96. The van der Waals surface area contributed by atoms with Crippen LogP contribution in [0.2, 0.25) is 0 Å². The van der Waals surface area contributed by atoms with Gasteiger partial charge >= 0.3 is 0 Å². The van der Waals surface area contributed by atoms with Crippen LogP contribution in [0.15, 0.2) is 48.1 Å². The molecule has 0 amide bonds. The lowest BCUT2D eigenvalue weighted by Gasteiger charge is -2.18. The number of fused-ring (bicyclic) bond motifs is 1. The molecule has 0 aromatic heterocycles. The summed E-state index contributed by atoms with van der Waals surface area (Å²) in [6.07, 6.45) is 23.5. The zero-order valence-corrected chi connectivity index (χ0v) is 16.4. The first kappa shape index (κ1) is 20.2. The van der Waals surface area contributed by atoms with Gasteiger partial charge in [0.2, 0.25) is 0 Å². The minimum atomic E-state index is -0.163. The highest BCUT2D eigenvalue weighted by Gasteiger charge is 2.42. The molecule has 0 spiro atoms. The van der Waals surface area contributed by atoms with Crippen LogP contribution in [0.3, 0.4) is 0 Å². The highest BCUT2D eigenvalue weighted by Crippen LogP contribution is 2.48. The molecule has 0 heterocycles. The van der Waals surface area contributed by atoms with Crippen LogP contribution in [-0.2, 0) is 0 Å². The highest BCUT2D eigenvalue weighted by molar-refractivity contribution is 5.22. The van der Waals surface area contributed by atoms with Crippen molar-refractivity contribution < 1.29 is 5.11 Å². The number of aliphatic hydroxyl groups is 1. The number of nitrogens with zero attached hydrogens (tertiary/aromatic N) is 1. The molecule has 140 valence electrons. The number of hydrogen-bond donors (Lipinski definition) is 1. The van der Waals surface area contributed by atoms with Crippen molar-refractivity contribution in [3.8, 4) is 0 Å². The van der Waals surface area contributed by atoms with E-state index in [0.29, 0.717) is 17.8 Å². The number of allylic oxidation sites excluding steroid dienone is 7. The largest absolute Gasteiger partial charge is 0.392 e. The van der Waals surface area contributed by atoms with Crippen LogP contribution < -0.4 is 0 Å². The SMILES string of the molecule is CCC=CC=CC=C[C@@H]1[C@H]2CC(CCCCCN(C)C)=C[C@H]2C[C@H]1O. The third-order valence-corrected chi connectivity index (χ3v) is 5.59. The summed E-state index contributed by atoms with van der Waals surface area (Å²) in [7, 11) is 4.30.